The highest BCUT2D eigenvalue weighted by Gasteiger charge is 2.27. The summed E-state index contributed by atoms with van der Waals surface area (Å²) in [6.07, 6.45) is 4.80. The van der Waals surface area contributed by atoms with Crippen molar-refractivity contribution in [1.29, 1.82) is 0 Å². The lowest BCUT2D eigenvalue weighted by Crippen LogP contribution is -2.26. The monoisotopic (exact) mass is 240 g/mol. The first-order chi connectivity index (χ1) is 7.56. The molecule has 1 aliphatic rings. The van der Waals surface area contributed by atoms with E-state index in [4.69, 9.17) is 11.6 Å². The number of alkyl halides is 1. The number of rotatable bonds is 2. The van der Waals surface area contributed by atoms with E-state index in [0.29, 0.717) is 11.3 Å². The highest BCUT2D eigenvalue weighted by molar-refractivity contribution is 6.20. The average Bonchev–Trinajstić information content (AvgIpc) is 2.51. The molecule has 3 heteroatoms. The third kappa shape index (κ3) is 2.60. The maximum Gasteiger partial charge on any atom is 0.0596 e. The minimum atomic E-state index is 0.353. The van der Waals surface area contributed by atoms with Crippen LogP contribution in [0.4, 0.5) is 0 Å². The third-order valence-corrected chi connectivity index (χ3v) is 4.30. The van der Waals surface area contributed by atoms with E-state index in [0.717, 1.165) is 18.0 Å². The van der Waals surface area contributed by atoms with Gasteiger partial charge in [0.05, 0.1) is 5.69 Å². The normalized spacial score (nSPS) is 30.6. The molecule has 1 fully saturated rings. The summed E-state index contributed by atoms with van der Waals surface area (Å²) in [4.78, 5) is 0. The van der Waals surface area contributed by atoms with Crippen molar-refractivity contribution < 1.29 is 0 Å². The largest absolute Gasteiger partial charge is 0.272 e. The molecule has 1 aliphatic carbocycles. The van der Waals surface area contributed by atoms with Gasteiger partial charge in [0.1, 0.15) is 0 Å². The van der Waals surface area contributed by atoms with Gasteiger partial charge in [-0.2, -0.15) is 5.10 Å². The average molecular weight is 241 g/mol. The molecule has 16 heavy (non-hydrogen) atoms. The zero-order valence-corrected chi connectivity index (χ0v) is 11.2. The smallest absolute Gasteiger partial charge is 0.0596 e. The Morgan fingerprint density at radius 1 is 1.50 bits per heavy atom. The van der Waals surface area contributed by atoms with Crippen LogP contribution in [-0.2, 0) is 13.5 Å². The van der Waals surface area contributed by atoms with Gasteiger partial charge < -0.3 is 0 Å². The second kappa shape index (κ2) is 4.79. The SMILES string of the molecule is Cc1cc(CC2CC(C)CCC2Cl)n(C)n1. The van der Waals surface area contributed by atoms with E-state index in [1.807, 2.05) is 18.7 Å². The summed E-state index contributed by atoms with van der Waals surface area (Å²) in [5, 5.41) is 4.75. The molecular formula is C13H21ClN2. The molecule has 0 aromatic carbocycles. The summed E-state index contributed by atoms with van der Waals surface area (Å²) < 4.78 is 2.00. The Balaban J connectivity index is 2.05. The number of hydrogen-bond acceptors (Lipinski definition) is 1. The Labute approximate surface area is 103 Å². The summed E-state index contributed by atoms with van der Waals surface area (Å²) in [7, 11) is 2.03. The van der Waals surface area contributed by atoms with Gasteiger partial charge in [-0.3, -0.25) is 4.68 Å². The fourth-order valence-corrected chi connectivity index (χ4v) is 3.11. The van der Waals surface area contributed by atoms with Crippen LogP contribution in [0, 0.1) is 18.8 Å². The standard InChI is InChI=1S/C13H21ClN2/c1-9-4-5-13(14)11(6-9)8-12-7-10(2)15-16(12)3/h7,9,11,13H,4-6,8H2,1-3H3. The zero-order valence-electron chi connectivity index (χ0n) is 10.4. The maximum atomic E-state index is 6.43. The maximum absolute atomic E-state index is 6.43. The summed E-state index contributed by atoms with van der Waals surface area (Å²) >= 11 is 6.43. The first-order valence-electron chi connectivity index (χ1n) is 6.20. The summed E-state index contributed by atoms with van der Waals surface area (Å²) in [6.45, 7) is 4.38. The molecule has 3 atom stereocenters. The van der Waals surface area contributed by atoms with E-state index >= 15 is 0 Å². The van der Waals surface area contributed by atoms with Crippen LogP contribution >= 0.6 is 11.6 Å². The van der Waals surface area contributed by atoms with Gasteiger partial charge in [0, 0.05) is 18.1 Å². The van der Waals surface area contributed by atoms with Crippen molar-refractivity contribution in [2.45, 2.75) is 44.9 Å². The van der Waals surface area contributed by atoms with E-state index < -0.39 is 0 Å². The quantitative estimate of drug-likeness (QED) is 0.726. The van der Waals surface area contributed by atoms with Crippen molar-refractivity contribution in [3.8, 4) is 0 Å². The molecule has 0 radical (unpaired) electrons. The molecule has 0 spiro atoms. The number of nitrogens with zero attached hydrogens (tertiary/aromatic N) is 2. The van der Waals surface area contributed by atoms with Gasteiger partial charge in [0.15, 0.2) is 0 Å². The number of aryl methyl sites for hydroxylation is 2. The van der Waals surface area contributed by atoms with E-state index in [1.54, 1.807) is 0 Å². The summed E-state index contributed by atoms with van der Waals surface area (Å²) in [6, 6.07) is 2.18. The van der Waals surface area contributed by atoms with Crippen LogP contribution in [0.5, 0.6) is 0 Å². The number of hydrogen-bond donors (Lipinski definition) is 0. The second-order valence-electron chi connectivity index (χ2n) is 5.30. The highest BCUT2D eigenvalue weighted by atomic mass is 35.5. The molecule has 0 N–H and O–H groups in total. The molecule has 2 nitrogen and oxygen atoms in total. The van der Waals surface area contributed by atoms with Crippen molar-refractivity contribution in [2.75, 3.05) is 0 Å². The van der Waals surface area contributed by atoms with Gasteiger partial charge in [0.25, 0.3) is 0 Å². The van der Waals surface area contributed by atoms with E-state index in [1.165, 1.54) is 25.0 Å². The van der Waals surface area contributed by atoms with Crippen LogP contribution in [0.15, 0.2) is 6.07 Å². The molecule has 0 amide bonds. The molecule has 0 saturated heterocycles. The van der Waals surface area contributed by atoms with Crippen LogP contribution in [0.25, 0.3) is 0 Å². The van der Waals surface area contributed by atoms with Crippen LogP contribution in [0.3, 0.4) is 0 Å². The van der Waals surface area contributed by atoms with Gasteiger partial charge >= 0.3 is 0 Å². The lowest BCUT2D eigenvalue weighted by molar-refractivity contribution is 0.283. The molecule has 1 saturated carbocycles. The fourth-order valence-electron chi connectivity index (χ4n) is 2.80. The lowest BCUT2D eigenvalue weighted by Gasteiger charge is -2.31. The third-order valence-electron chi connectivity index (χ3n) is 3.72. The summed E-state index contributed by atoms with van der Waals surface area (Å²) in [5.41, 5.74) is 2.43. The van der Waals surface area contributed by atoms with Crippen molar-refractivity contribution in [2.24, 2.45) is 18.9 Å². The minimum absolute atomic E-state index is 0.353. The zero-order chi connectivity index (χ0) is 11.7. The van der Waals surface area contributed by atoms with Crippen LogP contribution in [-0.4, -0.2) is 15.2 Å². The van der Waals surface area contributed by atoms with E-state index in [-0.39, 0.29) is 0 Å². The Kier molecular flexibility index (Phi) is 3.58. The van der Waals surface area contributed by atoms with Crippen molar-refractivity contribution in [3.05, 3.63) is 17.5 Å². The van der Waals surface area contributed by atoms with Crippen LogP contribution in [0.2, 0.25) is 0 Å². The van der Waals surface area contributed by atoms with Gasteiger partial charge in [0.2, 0.25) is 0 Å². The molecule has 90 valence electrons. The van der Waals surface area contributed by atoms with Gasteiger partial charge in [-0.1, -0.05) is 6.92 Å². The second-order valence-corrected chi connectivity index (χ2v) is 5.86. The molecule has 3 unspecified atom stereocenters. The molecule has 0 aliphatic heterocycles. The van der Waals surface area contributed by atoms with Crippen LogP contribution in [0.1, 0.15) is 37.6 Å². The van der Waals surface area contributed by atoms with Crippen molar-refractivity contribution in [1.82, 2.24) is 9.78 Å². The van der Waals surface area contributed by atoms with Gasteiger partial charge in [-0.15, -0.1) is 11.6 Å². The fraction of sp³-hybridized carbons (Fsp3) is 0.769. The minimum Gasteiger partial charge on any atom is -0.272 e. The molecule has 1 aromatic rings. The Morgan fingerprint density at radius 3 is 2.88 bits per heavy atom. The Morgan fingerprint density at radius 2 is 2.25 bits per heavy atom. The van der Waals surface area contributed by atoms with Crippen LogP contribution < -0.4 is 0 Å². The number of aromatic nitrogens is 2. The molecule has 2 rings (SSSR count). The van der Waals surface area contributed by atoms with Crippen molar-refractivity contribution >= 4 is 11.6 Å². The Hall–Kier alpha value is -0.500. The molecular weight excluding hydrogens is 220 g/mol. The highest BCUT2D eigenvalue weighted by Crippen LogP contribution is 2.34. The molecule has 1 aromatic heterocycles. The predicted molar refractivity (Wildman–Crippen MR) is 67.8 cm³/mol. The van der Waals surface area contributed by atoms with E-state index in [9.17, 15) is 0 Å². The number of halogens is 1. The van der Waals surface area contributed by atoms with Gasteiger partial charge in [-0.05, 0) is 50.5 Å². The Bertz CT molecular complexity index is 359. The predicted octanol–water partition coefficient (Wildman–Crippen LogP) is 3.31. The topological polar surface area (TPSA) is 17.8 Å². The first-order valence-corrected chi connectivity index (χ1v) is 6.63. The van der Waals surface area contributed by atoms with Gasteiger partial charge in [-0.25, -0.2) is 0 Å². The lowest BCUT2D eigenvalue weighted by atomic mass is 9.80. The summed E-state index contributed by atoms with van der Waals surface area (Å²) in [5.74, 6) is 1.45. The molecule has 1 heterocycles. The molecule has 0 bridgehead atoms. The van der Waals surface area contributed by atoms with E-state index in [2.05, 4.69) is 18.1 Å². The van der Waals surface area contributed by atoms with Crippen molar-refractivity contribution in [3.63, 3.8) is 0 Å². The first kappa shape index (κ1) is 12.0.